The van der Waals surface area contributed by atoms with Crippen LogP contribution in [-0.4, -0.2) is 17.1 Å². The zero-order valence-corrected chi connectivity index (χ0v) is 10.9. The fraction of sp³-hybridized carbons (Fsp3) is 0.750. The molecule has 1 saturated heterocycles. The molecule has 0 aliphatic carbocycles. The molecule has 0 N–H and O–H groups in total. The molecule has 5 heteroatoms. The Hall–Kier alpha value is -0.865. The SMILES string of the molecule is CC1(C)BC(c2cnn(C(F)F)c2)CC1(C)C. The van der Waals surface area contributed by atoms with Gasteiger partial charge in [0.15, 0.2) is 0 Å². The molecule has 1 aliphatic rings. The first-order valence-electron chi connectivity index (χ1n) is 6.05. The highest BCUT2D eigenvalue weighted by molar-refractivity contribution is 6.43. The number of halogens is 2. The highest BCUT2D eigenvalue weighted by Crippen LogP contribution is 2.57. The van der Waals surface area contributed by atoms with Crippen LogP contribution in [0, 0.1) is 5.41 Å². The number of aromatic nitrogens is 2. The van der Waals surface area contributed by atoms with Gasteiger partial charge in [0.2, 0.25) is 0 Å². The number of hydrogen-bond acceptors (Lipinski definition) is 1. The Balaban J connectivity index is 2.20. The van der Waals surface area contributed by atoms with Gasteiger partial charge in [-0.2, -0.15) is 13.9 Å². The van der Waals surface area contributed by atoms with E-state index in [1.54, 1.807) is 6.20 Å². The maximum absolute atomic E-state index is 12.5. The predicted octanol–water partition coefficient (Wildman–Crippen LogP) is 3.38. The molecular weight excluding hydrogens is 221 g/mol. The Morgan fingerprint density at radius 2 is 2.06 bits per heavy atom. The lowest BCUT2D eigenvalue weighted by atomic mass is 9.47. The van der Waals surface area contributed by atoms with Crippen molar-refractivity contribution in [2.24, 2.45) is 5.41 Å². The quantitative estimate of drug-likeness (QED) is 0.724. The van der Waals surface area contributed by atoms with E-state index in [1.165, 1.54) is 6.20 Å². The van der Waals surface area contributed by atoms with Crippen LogP contribution in [-0.2, 0) is 0 Å². The van der Waals surface area contributed by atoms with Gasteiger partial charge in [-0.3, -0.25) is 0 Å². The topological polar surface area (TPSA) is 17.8 Å². The van der Waals surface area contributed by atoms with Gasteiger partial charge >= 0.3 is 6.55 Å². The van der Waals surface area contributed by atoms with Gasteiger partial charge in [-0.05, 0) is 23.2 Å². The fourth-order valence-corrected chi connectivity index (χ4v) is 2.76. The molecule has 2 heterocycles. The minimum absolute atomic E-state index is 0.241. The Morgan fingerprint density at radius 1 is 1.41 bits per heavy atom. The van der Waals surface area contributed by atoms with Crippen molar-refractivity contribution in [3.8, 4) is 0 Å². The van der Waals surface area contributed by atoms with E-state index in [0.29, 0.717) is 5.82 Å². The Morgan fingerprint density at radius 3 is 2.47 bits per heavy atom. The molecule has 94 valence electrons. The monoisotopic (exact) mass is 240 g/mol. The van der Waals surface area contributed by atoms with Crippen molar-refractivity contribution in [1.82, 2.24) is 9.78 Å². The van der Waals surface area contributed by atoms with Crippen molar-refractivity contribution in [3.63, 3.8) is 0 Å². The first kappa shape index (κ1) is 12.6. The molecular formula is C12H19BF2N2. The van der Waals surface area contributed by atoms with Crippen molar-refractivity contribution in [1.29, 1.82) is 0 Å². The van der Waals surface area contributed by atoms with Crippen LogP contribution in [0.25, 0.3) is 0 Å². The summed E-state index contributed by atoms with van der Waals surface area (Å²) in [4.78, 5) is 0. The second-order valence-corrected chi connectivity index (χ2v) is 6.40. The molecule has 2 nitrogen and oxygen atoms in total. The average Bonchev–Trinajstić information content (AvgIpc) is 2.70. The second-order valence-electron chi connectivity index (χ2n) is 6.40. The van der Waals surface area contributed by atoms with Crippen molar-refractivity contribution in [2.75, 3.05) is 0 Å². The van der Waals surface area contributed by atoms with Crippen LogP contribution >= 0.6 is 0 Å². The molecule has 17 heavy (non-hydrogen) atoms. The molecule has 1 unspecified atom stereocenters. The van der Waals surface area contributed by atoms with Crippen molar-refractivity contribution >= 4 is 7.28 Å². The van der Waals surface area contributed by atoms with Gasteiger partial charge in [0.1, 0.15) is 7.28 Å². The molecule has 1 fully saturated rings. The maximum atomic E-state index is 12.5. The van der Waals surface area contributed by atoms with Crippen molar-refractivity contribution in [2.45, 2.75) is 51.8 Å². The van der Waals surface area contributed by atoms with E-state index >= 15 is 0 Å². The summed E-state index contributed by atoms with van der Waals surface area (Å²) in [6.45, 7) is 6.48. The predicted molar refractivity (Wildman–Crippen MR) is 65.8 cm³/mol. The Kier molecular flexibility index (Phi) is 2.83. The highest BCUT2D eigenvalue weighted by Gasteiger charge is 2.47. The van der Waals surface area contributed by atoms with Crippen LogP contribution in [0.4, 0.5) is 8.78 Å². The molecule has 0 radical (unpaired) electrons. The van der Waals surface area contributed by atoms with Gasteiger partial charge in [-0.25, -0.2) is 4.68 Å². The molecule has 0 amide bonds. The van der Waals surface area contributed by atoms with Crippen LogP contribution in [0.1, 0.15) is 52.0 Å². The largest absolute Gasteiger partial charge is 0.333 e. The van der Waals surface area contributed by atoms with Gasteiger partial charge in [-0.1, -0.05) is 33.0 Å². The van der Waals surface area contributed by atoms with E-state index in [1.807, 2.05) is 0 Å². The van der Waals surface area contributed by atoms with Crippen molar-refractivity contribution in [3.05, 3.63) is 18.0 Å². The lowest BCUT2D eigenvalue weighted by molar-refractivity contribution is 0.0565. The summed E-state index contributed by atoms with van der Waals surface area (Å²) in [5.74, 6) is 0.354. The molecule has 0 spiro atoms. The Bertz CT molecular complexity index is 396. The third-order valence-electron chi connectivity index (χ3n) is 4.64. The maximum Gasteiger partial charge on any atom is 0.333 e. The lowest BCUT2D eigenvalue weighted by Crippen LogP contribution is -2.23. The summed E-state index contributed by atoms with van der Waals surface area (Å²) < 4.78 is 25.7. The number of nitrogens with zero attached hydrogens (tertiary/aromatic N) is 2. The van der Waals surface area contributed by atoms with Gasteiger partial charge in [0, 0.05) is 6.20 Å². The molecule has 0 saturated carbocycles. The van der Waals surface area contributed by atoms with Gasteiger partial charge in [0.25, 0.3) is 0 Å². The standard InChI is InChI=1S/C12H19BF2N2/c1-11(2)5-9(13-12(11,3)4)8-6-16-17(7-8)10(14)15/h6-7,9-10,13H,5H2,1-4H3. The fourth-order valence-electron chi connectivity index (χ4n) is 2.76. The summed E-state index contributed by atoms with van der Waals surface area (Å²) in [5, 5.41) is 3.96. The molecule has 0 bridgehead atoms. The molecule has 1 aromatic heterocycles. The third-order valence-corrected chi connectivity index (χ3v) is 4.64. The summed E-state index contributed by atoms with van der Waals surface area (Å²) in [6.07, 6.45) is 4.12. The second kappa shape index (κ2) is 3.82. The van der Waals surface area contributed by atoms with E-state index in [2.05, 4.69) is 32.8 Å². The summed E-state index contributed by atoms with van der Waals surface area (Å²) in [5.41, 5.74) is 1.19. The van der Waals surface area contributed by atoms with E-state index in [9.17, 15) is 8.78 Å². The van der Waals surface area contributed by atoms with Crippen LogP contribution in [0.2, 0.25) is 5.31 Å². The zero-order valence-electron chi connectivity index (χ0n) is 10.9. The number of hydrogen-bond donors (Lipinski definition) is 0. The van der Waals surface area contributed by atoms with E-state index in [-0.39, 0.29) is 10.7 Å². The highest BCUT2D eigenvalue weighted by atomic mass is 19.3. The van der Waals surface area contributed by atoms with E-state index < -0.39 is 6.55 Å². The first-order chi connectivity index (χ1) is 7.73. The Labute approximate surface area is 102 Å². The summed E-state index contributed by atoms with van der Waals surface area (Å²) in [7, 11) is 1.04. The van der Waals surface area contributed by atoms with Crippen LogP contribution in [0.5, 0.6) is 0 Å². The minimum Gasteiger partial charge on any atom is -0.211 e. The van der Waals surface area contributed by atoms with Crippen molar-refractivity contribution < 1.29 is 8.78 Å². The smallest absolute Gasteiger partial charge is 0.211 e. The molecule has 1 atom stereocenters. The number of alkyl halides is 2. The molecule has 2 rings (SSSR count). The van der Waals surface area contributed by atoms with Gasteiger partial charge < -0.3 is 0 Å². The molecule has 0 aromatic carbocycles. The average molecular weight is 240 g/mol. The van der Waals surface area contributed by atoms with Crippen LogP contribution in [0.15, 0.2) is 12.4 Å². The first-order valence-corrected chi connectivity index (χ1v) is 6.05. The van der Waals surface area contributed by atoms with E-state index in [0.717, 1.165) is 23.9 Å². The zero-order chi connectivity index (χ0) is 12.8. The molecule has 1 aliphatic heterocycles. The van der Waals surface area contributed by atoms with Gasteiger partial charge in [0.05, 0.1) is 6.20 Å². The van der Waals surface area contributed by atoms with E-state index in [4.69, 9.17) is 0 Å². The van der Waals surface area contributed by atoms with Crippen LogP contribution < -0.4 is 0 Å². The third kappa shape index (κ3) is 2.12. The normalized spacial score (nSPS) is 26.2. The van der Waals surface area contributed by atoms with Gasteiger partial charge in [-0.15, -0.1) is 0 Å². The minimum atomic E-state index is -2.54. The number of rotatable bonds is 2. The lowest BCUT2D eigenvalue weighted by Gasteiger charge is -2.34. The molecule has 1 aromatic rings. The van der Waals surface area contributed by atoms with Crippen LogP contribution in [0.3, 0.4) is 0 Å². The summed E-state index contributed by atoms with van der Waals surface area (Å²) >= 11 is 0. The summed E-state index contributed by atoms with van der Waals surface area (Å²) in [6, 6.07) is 0.